The van der Waals surface area contributed by atoms with Gasteiger partial charge in [-0.05, 0) is 59.4 Å². The molecule has 0 fully saturated rings. The van der Waals surface area contributed by atoms with Gasteiger partial charge in [0.2, 0.25) is 0 Å². The maximum Gasteiger partial charge on any atom is 0.339 e. The number of methoxy groups -OCH3 is 1. The zero-order valence-corrected chi connectivity index (χ0v) is 21.4. The van der Waals surface area contributed by atoms with Crippen LogP contribution in [0.15, 0.2) is 72.9 Å². The molecule has 1 heterocycles. The number of amides is 1. The van der Waals surface area contributed by atoms with Gasteiger partial charge in [0.1, 0.15) is 17.1 Å². The lowest BCUT2D eigenvalue weighted by Gasteiger charge is -2.23. The number of carboxylic acid groups (broad SMARTS) is 1. The highest BCUT2D eigenvalue weighted by atomic mass is 16.5. The molecule has 0 saturated carbocycles. The minimum absolute atomic E-state index is 0.0529. The molecule has 0 saturated heterocycles. The fourth-order valence-corrected chi connectivity index (χ4v) is 4.31. The summed E-state index contributed by atoms with van der Waals surface area (Å²) in [5.41, 5.74) is 4.06. The molecule has 7 heteroatoms. The van der Waals surface area contributed by atoms with E-state index in [1.807, 2.05) is 68.6 Å². The number of fused-ring (bicyclic) bond motifs is 1. The van der Waals surface area contributed by atoms with Crippen molar-refractivity contribution in [1.29, 1.82) is 0 Å². The maximum absolute atomic E-state index is 13.4. The van der Waals surface area contributed by atoms with Crippen LogP contribution in [0, 0.1) is 0 Å². The third-order valence-corrected chi connectivity index (χ3v) is 6.44. The number of ether oxygens (including phenoxy) is 2. The predicted molar refractivity (Wildman–Crippen MR) is 143 cm³/mol. The summed E-state index contributed by atoms with van der Waals surface area (Å²) < 4.78 is 11.1. The van der Waals surface area contributed by atoms with Crippen LogP contribution in [0.1, 0.15) is 46.8 Å². The van der Waals surface area contributed by atoms with Crippen LogP contribution in [-0.2, 0) is 17.8 Å². The highest BCUT2D eigenvalue weighted by molar-refractivity contribution is 5.91. The second-order valence-electron chi connectivity index (χ2n) is 9.28. The minimum Gasteiger partial charge on any atom is -0.497 e. The van der Waals surface area contributed by atoms with E-state index in [2.05, 4.69) is 11.1 Å². The lowest BCUT2D eigenvalue weighted by Crippen LogP contribution is -2.36. The summed E-state index contributed by atoms with van der Waals surface area (Å²) in [5, 5.41) is 10.8. The summed E-state index contributed by atoms with van der Waals surface area (Å²) in [6.07, 6.45) is 2.63. The second-order valence-corrected chi connectivity index (χ2v) is 9.28. The van der Waals surface area contributed by atoms with E-state index in [4.69, 9.17) is 9.47 Å². The summed E-state index contributed by atoms with van der Waals surface area (Å²) in [6.45, 7) is 4.57. The molecule has 1 aromatic heterocycles. The molecule has 192 valence electrons. The number of aromatic amines is 1. The van der Waals surface area contributed by atoms with E-state index >= 15 is 0 Å². The fourth-order valence-electron chi connectivity index (χ4n) is 4.31. The monoisotopic (exact) mass is 500 g/mol. The van der Waals surface area contributed by atoms with Crippen molar-refractivity contribution >= 4 is 22.8 Å². The van der Waals surface area contributed by atoms with Crippen molar-refractivity contribution in [2.24, 2.45) is 0 Å². The van der Waals surface area contributed by atoms with Crippen molar-refractivity contribution in [3.05, 3.63) is 95.2 Å². The van der Waals surface area contributed by atoms with Gasteiger partial charge in [-0.3, -0.25) is 4.79 Å². The van der Waals surface area contributed by atoms with Gasteiger partial charge >= 0.3 is 5.97 Å². The number of nitrogens with zero attached hydrogens (tertiary/aromatic N) is 1. The number of aromatic nitrogens is 1. The van der Waals surface area contributed by atoms with E-state index in [1.165, 1.54) is 0 Å². The number of benzene rings is 3. The van der Waals surface area contributed by atoms with Crippen LogP contribution < -0.4 is 9.47 Å². The molecule has 37 heavy (non-hydrogen) atoms. The normalized spacial score (nSPS) is 11.0. The quantitative estimate of drug-likeness (QED) is 0.278. The van der Waals surface area contributed by atoms with Crippen LogP contribution in [0.2, 0.25) is 0 Å². The molecule has 0 atom stereocenters. The fraction of sp³-hybridized carbons (Fsp3) is 0.267. The van der Waals surface area contributed by atoms with Gasteiger partial charge in [0.15, 0.2) is 6.61 Å². The van der Waals surface area contributed by atoms with E-state index < -0.39 is 5.97 Å². The summed E-state index contributed by atoms with van der Waals surface area (Å²) in [4.78, 5) is 30.2. The molecule has 0 radical (unpaired) electrons. The Morgan fingerprint density at radius 2 is 1.84 bits per heavy atom. The van der Waals surface area contributed by atoms with Crippen molar-refractivity contribution in [3.63, 3.8) is 0 Å². The average Bonchev–Trinajstić information content (AvgIpc) is 3.32. The van der Waals surface area contributed by atoms with Crippen LogP contribution in [0.5, 0.6) is 11.5 Å². The van der Waals surface area contributed by atoms with Crippen LogP contribution >= 0.6 is 0 Å². The third-order valence-electron chi connectivity index (χ3n) is 6.44. The third kappa shape index (κ3) is 6.30. The number of carbonyl (C=O) groups is 2. The Bertz CT molecular complexity index is 1390. The first kappa shape index (κ1) is 25.8. The summed E-state index contributed by atoms with van der Waals surface area (Å²) >= 11 is 0. The molecular formula is C30H32N2O5. The molecule has 1 amide bonds. The van der Waals surface area contributed by atoms with E-state index in [9.17, 15) is 14.7 Å². The first-order valence-corrected chi connectivity index (χ1v) is 12.3. The molecule has 0 aliphatic carbocycles. The van der Waals surface area contributed by atoms with Crippen molar-refractivity contribution in [1.82, 2.24) is 9.88 Å². The number of hydrogen-bond acceptors (Lipinski definition) is 4. The standard InChI is InChI=1S/C30H32N2O5/c1-20(2)22-11-12-28(26(16-22)30(34)35)37-19-29(33)32(18-21-7-6-8-24(15-21)36-3)14-13-23-17-31-27-10-5-4-9-25(23)27/h4-12,15-17,20,31H,13-14,18-19H2,1-3H3,(H,34,35). The maximum atomic E-state index is 13.4. The van der Waals surface area contributed by atoms with Crippen molar-refractivity contribution in [2.75, 3.05) is 20.3 Å². The van der Waals surface area contributed by atoms with Gasteiger partial charge in [-0.2, -0.15) is 0 Å². The molecule has 0 aliphatic rings. The Balaban J connectivity index is 1.52. The molecule has 0 aliphatic heterocycles. The molecule has 3 aromatic carbocycles. The number of H-pyrrole nitrogens is 1. The van der Waals surface area contributed by atoms with Gasteiger partial charge in [0.25, 0.3) is 5.91 Å². The van der Waals surface area contributed by atoms with E-state index in [-0.39, 0.29) is 29.7 Å². The van der Waals surface area contributed by atoms with Gasteiger partial charge in [-0.15, -0.1) is 0 Å². The number of carboxylic acids is 1. The first-order chi connectivity index (χ1) is 17.9. The van der Waals surface area contributed by atoms with Crippen LogP contribution in [0.25, 0.3) is 10.9 Å². The Labute approximate surface area is 216 Å². The number of carbonyl (C=O) groups excluding carboxylic acids is 1. The topological polar surface area (TPSA) is 91.9 Å². The van der Waals surface area contributed by atoms with Crippen molar-refractivity contribution < 1.29 is 24.2 Å². The minimum atomic E-state index is -1.09. The highest BCUT2D eigenvalue weighted by Crippen LogP contribution is 2.25. The number of hydrogen-bond donors (Lipinski definition) is 2. The first-order valence-electron chi connectivity index (χ1n) is 12.3. The number of para-hydroxylation sites is 1. The van der Waals surface area contributed by atoms with Gasteiger partial charge < -0.3 is 24.5 Å². The zero-order valence-electron chi connectivity index (χ0n) is 21.4. The smallest absolute Gasteiger partial charge is 0.339 e. The van der Waals surface area contributed by atoms with Gasteiger partial charge in [-0.1, -0.05) is 50.2 Å². The Hall–Kier alpha value is -4.26. The molecule has 4 rings (SSSR count). The molecule has 2 N–H and O–H groups in total. The summed E-state index contributed by atoms with van der Waals surface area (Å²) in [6, 6.07) is 20.7. The molecule has 4 aromatic rings. The Kier molecular flexibility index (Phi) is 8.13. The Morgan fingerprint density at radius 3 is 2.59 bits per heavy atom. The number of aromatic carboxylic acids is 1. The van der Waals surface area contributed by atoms with Crippen molar-refractivity contribution in [3.8, 4) is 11.5 Å². The van der Waals surface area contributed by atoms with E-state index in [0.29, 0.717) is 25.3 Å². The summed E-state index contributed by atoms with van der Waals surface area (Å²) in [5.74, 6) is -0.238. The number of nitrogens with one attached hydrogen (secondary N) is 1. The largest absolute Gasteiger partial charge is 0.497 e. The van der Waals surface area contributed by atoms with Gasteiger partial charge in [0.05, 0.1) is 7.11 Å². The lowest BCUT2D eigenvalue weighted by atomic mass is 10.0. The Morgan fingerprint density at radius 1 is 1.03 bits per heavy atom. The molecule has 0 unspecified atom stereocenters. The molecular weight excluding hydrogens is 468 g/mol. The van der Waals surface area contributed by atoms with Crippen LogP contribution in [0.3, 0.4) is 0 Å². The zero-order chi connectivity index (χ0) is 26.4. The van der Waals surface area contributed by atoms with Crippen LogP contribution in [-0.4, -0.2) is 47.1 Å². The predicted octanol–water partition coefficient (Wildman–Crippen LogP) is 5.65. The SMILES string of the molecule is COc1cccc(CN(CCc2c[nH]c3ccccc23)C(=O)COc2ccc(C(C)C)cc2C(=O)O)c1. The summed E-state index contributed by atoms with van der Waals surface area (Å²) in [7, 11) is 1.61. The number of rotatable bonds is 11. The molecule has 0 spiro atoms. The van der Waals surface area contributed by atoms with Gasteiger partial charge in [-0.25, -0.2) is 4.79 Å². The molecule has 0 bridgehead atoms. The van der Waals surface area contributed by atoms with Gasteiger partial charge in [0, 0.05) is 30.2 Å². The van der Waals surface area contributed by atoms with Crippen LogP contribution in [0.4, 0.5) is 0 Å². The average molecular weight is 501 g/mol. The molecule has 7 nitrogen and oxygen atoms in total. The van der Waals surface area contributed by atoms with E-state index in [0.717, 1.165) is 27.6 Å². The lowest BCUT2D eigenvalue weighted by molar-refractivity contribution is -0.134. The highest BCUT2D eigenvalue weighted by Gasteiger charge is 2.19. The van der Waals surface area contributed by atoms with Crippen molar-refractivity contribution in [2.45, 2.75) is 32.7 Å². The second kappa shape index (κ2) is 11.6. The van der Waals surface area contributed by atoms with E-state index in [1.54, 1.807) is 24.1 Å².